The number of amides is 1. The van der Waals surface area contributed by atoms with Crippen LogP contribution in [0.4, 0.5) is 27.7 Å². The van der Waals surface area contributed by atoms with Crippen LogP contribution in [0.3, 0.4) is 0 Å². The lowest BCUT2D eigenvalue weighted by Crippen LogP contribution is -2.32. The van der Waals surface area contributed by atoms with Gasteiger partial charge in [-0.05, 0) is 47.9 Å². The van der Waals surface area contributed by atoms with Crippen LogP contribution in [0.5, 0.6) is 0 Å². The van der Waals surface area contributed by atoms with Crippen molar-refractivity contribution >= 4 is 45.1 Å². The minimum Gasteiger partial charge on any atom is -0.336 e. The average molecular weight is 457 g/mol. The van der Waals surface area contributed by atoms with Crippen LogP contribution in [0.2, 0.25) is 0 Å². The second kappa shape index (κ2) is 8.12. The van der Waals surface area contributed by atoms with E-state index in [4.69, 9.17) is 0 Å². The molecule has 148 valence electrons. The van der Waals surface area contributed by atoms with Crippen LogP contribution in [-0.4, -0.2) is 27.4 Å². The number of benzene rings is 2. The smallest absolute Gasteiger partial charge is 0.232 e. The van der Waals surface area contributed by atoms with Crippen molar-refractivity contribution in [2.45, 2.75) is 19.9 Å². The maximum Gasteiger partial charge on any atom is 0.232 e. The summed E-state index contributed by atoms with van der Waals surface area (Å²) < 4.78 is 15.3. The third-order valence-corrected chi connectivity index (χ3v) is 5.05. The minimum absolute atomic E-state index is 0.169. The fourth-order valence-corrected chi connectivity index (χ4v) is 3.62. The maximum absolute atomic E-state index is 14.2. The zero-order valence-corrected chi connectivity index (χ0v) is 17.2. The van der Waals surface area contributed by atoms with Gasteiger partial charge in [-0.1, -0.05) is 22.0 Å². The van der Waals surface area contributed by atoms with E-state index < -0.39 is 5.82 Å². The number of nitrogens with zero attached hydrogens (tertiary/aromatic N) is 4. The molecular formula is C20H18BrFN6O. The van der Waals surface area contributed by atoms with Gasteiger partial charge in [0.2, 0.25) is 17.8 Å². The van der Waals surface area contributed by atoms with Crippen LogP contribution in [0.15, 0.2) is 47.2 Å². The largest absolute Gasteiger partial charge is 0.336 e. The number of fused-ring (bicyclic) bond motifs is 1. The lowest BCUT2D eigenvalue weighted by Gasteiger charge is -2.29. The van der Waals surface area contributed by atoms with Crippen molar-refractivity contribution in [3.8, 4) is 0 Å². The van der Waals surface area contributed by atoms with Gasteiger partial charge >= 0.3 is 0 Å². The van der Waals surface area contributed by atoms with Gasteiger partial charge < -0.3 is 15.5 Å². The summed E-state index contributed by atoms with van der Waals surface area (Å²) >= 11 is 3.51. The van der Waals surface area contributed by atoms with E-state index in [1.54, 1.807) is 0 Å². The van der Waals surface area contributed by atoms with Crippen molar-refractivity contribution in [2.24, 2.45) is 0 Å². The summed E-state index contributed by atoms with van der Waals surface area (Å²) in [5.74, 6) is 0.0472. The molecule has 0 saturated heterocycles. The summed E-state index contributed by atoms with van der Waals surface area (Å²) in [7, 11) is 0. The molecule has 2 N–H and O–H groups in total. The number of hydrogen-bond acceptors (Lipinski definition) is 6. The van der Waals surface area contributed by atoms with E-state index in [-0.39, 0.29) is 17.5 Å². The Morgan fingerprint density at radius 1 is 1.17 bits per heavy atom. The van der Waals surface area contributed by atoms with E-state index in [1.807, 2.05) is 6.07 Å². The number of hydrogen-bond donors (Lipinski definition) is 2. The Labute approximate surface area is 175 Å². The predicted molar refractivity (Wildman–Crippen MR) is 113 cm³/mol. The Bertz CT molecular complexity index is 1080. The van der Waals surface area contributed by atoms with Gasteiger partial charge in [0.1, 0.15) is 12.1 Å². The highest BCUT2D eigenvalue weighted by Crippen LogP contribution is 2.26. The Morgan fingerprint density at radius 2 is 2.03 bits per heavy atom. The molecular weight excluding hydrogens is 439 g/mol. The number of aromatic nitrogens is 3. The molecule has 0 spiro atoms. The average Bonchev–Trinajstić information content (AvgIpc) is 2.70. The van der Waals surface area contributed by atoms with Crippen LogP contribution in [0.25, 0.3) is 0 Å². The third-order valence-electron chi connectivity index (χ3n) is 4.56. The molecule has 7 nitrogen and oxygen atoms in total. The van der Waals surface area contributed by atoms with Gasteiger partial charge in [-0.3, -0.25) is 4.79 Å². The first-order valence-electron chi connectivity index (χ1n) is 9.03. The normalized spacial score (nSPS) is 13.0. The minimum atomic E-state index is -0.474. The number of carbonyl (C=O) groups excluding carboxylic acids is 1. The molecule has 1 aromatic heterocycles. The van der Waals surface area contributed by atoms with E-state index in [1.165, 1.54) is 42.6 Å². The van der Waals surface area contributed by atoms with E-state index in [0.717, 1.165) is 17.4 Å². The second-order valence-corrected chi connectivity index (χ2v) is 7.61. The molecule has 0 unspecified atom stereocenters. The first-order valence-corrected chi connectivity index (χ1v) is 9.83. The number of carbonyl (C=O) groups is 1. The van der Waals surface area contributed by atoms with Crippen molar-refractivity contribution in [2.75, 3.05) is 22.1 Å². The highest BCUT2D eigenvalue weighted by atomic mass is 79.9. The molecule has 1 amide bonds. The fourth-order valence-electron chi connectivity index (χ4n) is 3.22. The summed E-state index contributed by atoms with van der Waals surface area (Å²) in [6, 6.07) is 10.5. The molecule has 3 aromatic rings. The third kappa shape index (κ3) is 4.51. The molecule has 1 aliphatic heterocycles. The Balaban J connectivity index is 1.54. The van der Waals surface area contributed by atoms with E-state index in [2.05, 4.69) is 58.5 Å². The maximum atomic E-state index is 14.2. The van der Waals surface area contributed by atoms with Gasteiger partial charge in [-0.2, -0.15) is 4.98 Å². The van der Waals surface area contributed by atoms with Crippen LogP contribution in [0.1, 0.15) is 18.1 Å². The number of rotatable bonds is 4. The zero-order chi connectivity index (χ0) is 20.4. The lowest BCUT2D eigenvalue weighted by molar-refractivity contribution is -0.114. The van der Waals surface area contributed by atoms with E-state index >= 15 is 0 Å². The van der Waals surface area contributed by atoms with Crippen molar-refractivity contribution in [3.63, 3.8) is 0 Å². The van der Waals surface area contributed by atoms with Crippen molar-refractivity contribution in [1.29, 1.82) is 0 Å². The topological polar surface area (TPSA) is 83.0 Å². The summed E-state index contributed by atoms with van der Waals surface area (Å²) in [4.78, 5) is 26.1. The van der Waals surface area contributed by atoms with Gasteiger partial charge in [0.25, 0.3) is 0 Å². The molecule has 0 aliphatic carbocycles. The molecule has 4 rings (SSSR count). The van der Waals surface area contributed by atoms with Crippen molar-refractivity contribution in [1.82, 2.24) is 15.0 Å². The number of anilines is 4. The van der Waals surface area contributed by atoms with Crippen molar-refractivity contribution < 1.29 is 9.18 Å². The first kappa shape index (κ1) is 19.3. The quantitative estimate of drug-likeness (QED) is 0.616. The molecule has 0 saturated carbocycles. The van der Waals surface area contributed by atoms with E-state index in [0.29, 0.717) is 18.2 Å². The molecule has 0 bridgehead atoms. The van der Waals surface area contributed by atoms with Crippen molar-refractivity contribution in [3.05, 3.63) is 64.1 Å². The first-order chi connectivity index (χ1) is 14.0. The second-order valence-electron chi connectivity index (χ2n) is 6.69. The summed E-state index contributed by atoms with van der Waals surface area (Å²) in [6.07, 6.45) is 2.29. The van der Waals surface area contributed by atoms with Gasteiger partial charge in [0.15, 0.2) is 0 Å². The molecule has 9 heteroatoms. The van der Waals surface area contributed by atoms with Crippen LogP contribution < -0.4 is 15.5 Å². The Kier molecular flexibility index (Phi) is 5.39. The number of halogens is 2. The monoisotopic (exact) mass is 456 g/mol. The number of nitrogens with one attached hydrogen (secondary N) is 2. The van der Waals surface area contributed by atoms with Gasteiger partial charge in [0.05, 0.1) is 5.69 Å². The van der Waals surface area contributed by atoms with Crippen LogP contribution in [-0.2, 0) is 17.8 Å². The lowest BCUT2D eigenvalue weighted by atomic mass is 10.0. The van der Waals surface area contributed by atoms with E-state index in [9.17, 15) is 9.18 Å². The fraction of sp³-hybridized carbons (Fsp3) is 0.200. The molecule has 0 fully saturated rings. The van der Waals surface area contributed by atoms with Crippen LogP contribution in [0, 0.1) is 5.82 Å². The highest BCUT2D eigenvalue weighted by Gasteiger charge is 2.19. The predicted octanol–water partition coefficient (Wildman–Crippen LogP) is 4.04. The molecule has 1 aliphatic rings. The van der Waals surface area contributed by atoms with Gasteiger partial charge in [-0.15, -0.1) is 0 Å². The van der Waals surface area contributed by atoms with Crippen LogP contribution >= 0.6 is 15.9 Å². The molecule has 29 heavy (non-hydrogen) atoms. The van der Waals surface area contributed by atoms with Gasteiger partial charge in [0, 0.05) is 30.2 Å². The zero-order valence-electron chi connectivity index (χ0n) is 15.6. The summed E-state index contributed by atoms with van der Waals surface area (Å²) in [5.41, 5.74) is 3.18. The molecule has 2 aromatic carbocycles. The molecule has 0 atom stereocenters. The highest BCUT2D eigenvalue weighted by molar-refractivity contribution is 9.10. The SMILES string of the molecule is CC(=O)Nc1ccc(F)c(Nc2ncnc(N3CCc4cc(Br)ccc4C3)n2)c1. The Hall–Kier alpha value is -3.07. The Morgan fingerprint density at radius 3 is 2.86 bits per heavy atom. The molecule has 2 heterocycles. The molecule has 0 radical (unpaired) electrons. The summed E-state index contributed by atoms with van der Waals surface area (Å²) in [6.45, 7) is 2.86. The summed E-state index contributed by atoms with van der Waals surface area (Å²) in [5, 5.41) is 5.49. The van der Waals surface area contributed by atoms with Gasteiger partial charge in [-0.25, -0.2) is 14.4 Å². The standard InChI is InChI=1S/C20H18BrFN6O/c1-12(29)25-16-4-5-17(22)18(9-16)26-19-23-11-24-20(27-19)28-7-6-13-8-15(21)3-2-14(13)10-28/h2-5,8-9,11H,6-7,10H2,1H3,(H,25,29)(H,23,24,26,27).